The number of likely N-dealkylation sites (tertiary alicyclic amines) is 1. The largest absolute Gasteiger partial charge is 0.489 e. The zero-order chi connectivity index (χ0) is 16.9. The lowest BCUT2D eigenvalue weighted by atomic mass is 9.98. The van der Waals surface area contributed by atoms with Crippen LogP contribution in [0.3, 0.4) is 0 Å². The highest BCUT2D eigenvalue weighted by Gasteiger charge is 2.21. The summed E-state index contributed by atoms with van der Waals surface area (Å²) in [5.74, 6) is 2.42. The zero-order valence-corrected chi connectivity index (χ0v) is 14.4. The standard InChI is InChI=1S/C18H25FN4O/c1-14-20-15(2)23(21-14)13-16-6-5-9-22(12-16)10-11-24-18-8-4-3-7-17(18)19/h3-4,7-8,16H,5-6,9-13H2,1-2H3/t16-/m0/s1. The number of rotatable bonds is 6. The van der Waals surface area contributed by atoms with Gasteiger partial charge in [-0.15, -0.1) is 0 Å². The molecular formula is C18H25FN4O. The lowest BCUT2D eigenvalue weighted by Crippen LogP contribution is -2.39. The SMILES string of the molecule is Cc1nc(C)n(C[C@H]2CCCN(CCOc3ccccc3F)C2)n1. The Morgan fingerprint density at radius 1 is 1.29 bits per heavy atom. The van der Waals surface area contributed by atoms with E-state index in [1.807, 2.05) is 18.5 Å². The average Bonchev–Trinajstić information content (AvgIpc) is 2.87. The third-order valence-corrected chi connectivity index (χ3v) is 4.50. The number of para-hydroxylation sites is 1. The second-order valence-electron chi connectivity index (χ2n) is 6.48. The van der Waals surface area contributed by atoms with Gasteiger partial charge in [0.15, 0.2) is 11.6 Å². The third-order valence-electron chi connectivity index (χ3n) is 4.50. The van der Waals surface area contributed by atoms with E-state index < -0.39 is 0 Å². The molecule has 0 saturated carbocycles. The number of ether oxygens (including phenoxy) is 1. The number of benzene rings is 1. The van der Waals surface area contributed by atoms with Crippen molar-refractivity contribution in [1.82, 2.24) is 19.7 Å². The fraction of sp³-hybridized carbons (Fsp3) is 0.556. The molecule has 5 nitrogen and oxygen atoms in total. The first-order valence-corrected chi connectivity index (χ1v) is 8.59. The molecule has 0 bridgehead atoms. The van der Waals surface area contributed by atoms with Gasteiger partial charge in [-0.05, 0) is 51.3 Å². The van der Waals surface area contributed by atoms with Crippen molar-refractivity contribution in [2.45, 2.75) is 33.2 Å². The van der Waals surface area contributed by atoms with E-state index in [1.165, 1.54) is 18.9 Å². The summed E-state index contributed by atoms with van der Waals surface area (Å²) < 4.78 is 21.1. The Morgan fingerprint density at radius 2 is 2.12 bits per heavy atom. The van der Waals surface area contributed by atoms with Crippen LogP contribution in [-0.2, 0) is 6.54 Å². The van der Waals surface area contributed by atoms with Crippen molar-refractivity contribution in [2.75, 3.05) is 26.2 Å². The van der Waals surface area contributed by atoms with Gasteiger partial charge in [-0.2, -0.15) is 5.10 Å². The molecule has 0 N–H and O–H groups in total. The van der Waals surface area contributed by atoms with Gasteiger partial charge in [0.25, 0.3) is 0 Å². The Labute approximate surface area is 142 Å². The van der Waals surface area contributed by atoms with Crippen LogP contribution in [-0.4, -0.2) is 45.9 Å². The van der Waals surface area contributed by atoms with Gasteiger partial charge in [0.1, 0.15) is 18.3 Å². The Kier molecular flexibility index (Phi) is 5.45. The van der Waals surface area contributed by atoms with E-state index >= 15 is 0 Å². The number of piperidine rings is 1. The van der Waals surface area contributed by atoms with Crippen LogP contribution in [0.4, 0.5) is 4.39 Å². The molecule has 24 heavy (non-hydrogen) atoms. The number of halogens is 1. The van der Waals surface area contributed by atoms with Crippen molar-refractivity contribution < 1.29 is 9.13 Å². The van der Waals surface area contributed by atoms with E-state index in [1.54, 1.807) is 18.2 Å². The molecule has 1 fully saturated rings. The van der Waals surface area contributed by atoms with E-state index in [4.69, 9.17) is 4.74 Å². The minimum absolute atomic E-state index is 0.300. The first-order chi connectivity index (χ1) is 11.6. The first kappa shape index (κ1) is 16.9. The number of aryl methyl sites for hydroxylation is 2. The average molecular weight is 332 g/mol. The maximum Gasteiger partial charge on any atom is 0.165 e. The summed E-state index contributed by atoms with van der Waals surface area (Å²) in [6.45, 7) is 8.28. The molecule has 3 rings (SSSR count). The van der Waals surface area contributed by atoms with Gasteiger partial charge < -0.3 is 4.74 Å². The molecule has 0 amide bonds. The molecule has 1 saturated heterocycles. The van der Waals surface area contributed by atoms with Crippen LogP contribution in [0.1, 0.15) is 24.5 Å². The minimum atomic E-state index is -0.300. The van der Waals surface area contributed by atoms with E-state index in [9.17, 15) is 4.39 Å². The minimum Gasteiger partial charge on any atom is -0.489 e. The van der Waals surface area contributed by atoms with E-state index in [0.717, 1.165) is 37.8 Å². The van der Waals surface area contributed by atoms with Crippen molar-refractivity contribution in [3.63, 3.8) is 0 Å². The molecule has 2 aromatic rings. The van der Waals surface area contributed by atoms with E-state index in [0.29, 0.717) is 18.3 Å². The molecule has 1 aliphatic rings. The summed E-state index contributed by atoms with van der Waals surface area (Å²) in [6.07, 6.45) is 2.39. The molecule has 0 unspecified atom stereocenters. The highest BCUT2D eigenvalue weighted by molar-refractivity contribution is 5.23. The Morgan fingerprint density at radius 3 is 2.88 bits per heavy atom. The van der Waals surface area contributed by atoms with Crippen LogP contribution in [0.15, 0.2) is 24.3 Å². The molecule has 1 atom stereocenters. The van der Waals surface area contributed by atoms with Crippen LogP contribution in [0, 0.1) is 25.6 Å². The molecule has 0 spiro atoms. The molecule has 0 radical (unpaired) electrons. The summed E-state index contributed by atoms with van der Waals surface area (Å²) in [5.41, 5.74) is 0. The second kappa shape index (κ2) is 7.75. The Balaban J connectivity index is 1.47. The van der Waals surface area contributed by atoms with Gasteiger partial charge in [0.05, 0.1) is 0 Å². The van der Waals surface area contributed by atoms with Crippen LogP contribution in [0.5, 0.6) is 5.75 Å². The van der Waals surface area contributed by atoms with Crippen molar-refractivity contribution in [1.29, 1.82) is 0 Å². The summed E-state index contributed by atoms with van der Waals surface area (Å²) in [5, 5.41) is 4.46. The third kappa shape index (κ3) is 4.32. The summed E-state index contributed by atoms with van der Waals surface area (Å²) in [4.78, 5) is 6.77. The van der Waals surface area contributed by atoms with Gasteiger partial charge in [-0.1, -0.05) is 12.1 Å². The molecule has 1 aromatic carbocycles. The van der Waals surface area contributed by atoms with Crippen LogP contribution >= 0.6 is 0 Å². The first-order valence-electron chi connectivity index (χ1n) is 8.59. The van der Waals surface area contributed by atoms with Crippen molar-refractivity contribution in [3.05, 3.63) is 41.7 Å². The van der Waals surface area contributed by atoms with Crippen molar-refractivity contribution >= 4 is 0 Å². The number of aromatic nitrogens is 3. The van der Waals surface area contributed by atoms with Crippen molar-refractivity contribution in [2.24, 2.45) is 5.92 Å². The number of hydrogen-bond donors (Lipinski definition) is 0. The number of nitrogens with zero attached hydrogens (tertiary/aromatic N) is 4. The summed E-state index contributed by atoms with van der Waals surface area (Å²) in [6, 6.07) is 6.56. The Hall–Kier alpha value is -1.95. The van der Waals surface area contributed by atoms with E-state index in [-0.39, 0.29) is 5.82 Å². The maximum atomic E-state index is 13.5. The van der Waals surface area contributed by atoms with E-state index in [2.05, 4.69) is 15.0 Å². The molecule has 2 heterocycles. The highest BCUT2D eigenvalue weighted by Crippen LogP contribution is 2.19. The van der Waals surface area contributed by atoms with Gasteiger partial charge in [-0.3, -0.25) is 4.90 Å². The summed E-state index contributed by atoms with van der Waals surface area (Å²) >= 11 is 0. The predicted molar refractivity (Wildman–Crippen MR) is 90.6 cm³/mol. The molecule has 1 aliphatic heterocycles. The van der Waals surface area contributed by atoms with Gasteiger partial charge in [0, 0.05) is 19.6 Å². The lowest BCUT2D eigenvalue weighted by Gasteiger charge is -2.32. The van der Waals surface area contributed by atoms with Crippen LogP contribution < -0.4 is 4.74 Å². The number of hydrogen-bond acceptors (Lipinski definition) is 4. The summed E-state index contributed by atoms with van der Waals surface area (Å²) in [7, 11) is 0. The molecule has 1 aromatic heterocycles. The monoisotopic (exact) mass is 332 g/mol. The normalized spacial score (nSPS) is 18.7. The fourth-order valence-corrected chi connectivity index (χ4v) is 3.33. The molecule has 130 valence electrons. The van der Waals surface area contributed by atoms with Gasteiger partial charge in [-0.25, -0.2) is 14.1 Å². The highest BCUT2D eigenvalue weighted by atomic mass is 19.1. The zero-order valence-electron chi connectivity index (χ0n) is 14.4. The lowest BCUT2D eigenvalue weighted by molar-refractivity contribution is 0.135. The second-order valence-corrected chi connectivity index (χ2v) is 6.48. The smallest absolute Gasteiger partial charge is 0.165 e. The van der Waals surface area contributed by atoms with Crippen LogP contribution in [0.2, 0.25) is 0 Å². The van der Waals surface area contributed by atoms with Gasteiger partial charge >= 0.3 is 0 Å². The molecular weight excluding hydrogens is 307 g/mol. The van der Waals surface area contributed by atoms with Crippen LogP contribution in [0.25, 0.3) is 0 Å². The topological polar surface area (TPSA) is 43.2 Å². The predicted octanol–water partition coefficient (Wildman–Crippen LogP) is 2.83. The van der Waals surface area contributed by atoms with Gasteiger partial charge in [0.2, 0.25) is 0 Å². The maximum absolute atomic E-state index is 13.5. The molecule has 6 heteroatoms. The fourth-order valence-electron chi connectivity index (χ4n) is 3.33. The quantitative estimate of drug-likeness (QED) is 0.816. The Bertz CT molecular complexity index is 673. The van der Waals surface area contributed by atoms with Crippen molar-refractivity contribution in [3.8, 4) is 5.75 Å². The molecule has 0 aliphatic carbocycles.